The zero-order chi connectivity index (χ0) is 19.4. The summed E-state index contributed by atoms with van der Waals surface area (Å²) in [5.74, 6) is -1.71. The van der Waals surface area contributed by atoms with Crippen LogP contribution in [-0.2, 0) is 11.3 Å². The first-order valence-electron chi connectivity index (χ1n) is 8.92. The Morgan fingerprint density at radius 3 is 2.74 bits per heavy atom. The molecular weight excluding hydrogens is 354 g/mol. The van der Waals surface area contributed by atoms with Crippen molar-refractivity contribution >= 4 is 11.9 Å². The van der Waals surface area contributed by atoms with Crippen molar-refractivity contribution < 1.29 is 18.4 Å². The van der Waals surface area contributed by atoms with Gasteiger partial charge in [-0.3, -0.25) is 4.79 Å². The van der Waals surface area contributed by atoms with E-state index in [0.717, 1.165) is 18.2 Å². The minimum atomic E-state index is -0.707. The van der Waals surface area contributed by atoms with Crippen LogP contribution in [0.25, 0.3) is 0 Å². The number of hydrogen-bond acceptors (Lipinski definition) is 2. The highest BCUT2D eigenvalue weighted by atomic mass is 19.1. The fourth-order valence-electron chi connectivity index (χ4n) is 3.26. The normalized spacial score (nSPS) is 16.0. The van der Waals surface area contributed by atoms with Crippen LogP contribution >= 0.6 is 0 Å². The van der Waals surface area contributed by atoms with Crippen molar-refractivity contribution in [3.05, 3.63) is 59.4 Å². The molecule has 0 unspecified atom stereocenters. The first-order valence-corrected chi connectivity index (χ1v) is 8.92. The maximum atomic E-state index is 14.5. The van der Waals surface area contributed by atoms with Gasteiger partial charge in [-0.2, -0.15) is 0 Å². The molecule has 3 amide bonds. The Labute approximate surface area is 156 Å². The lowest BCUT2D eigenvalue weighted by Gasteiger charge is -2.37. The zero-order valence-electron chi connectivity index (χ0n) is 15.0. The third-order valence-corrected chi connectivity index (χ3v) is 4.55. The molecule has 1 aliphatic heterocycles. The van der Waals surface area contributed by atoms with Crippen molar-refractivity contribution in [2.75, 3.05) is 19.6 Å². The Bertz CT molecular complexity index is 837. The molecule has 0 radical (unpaired) electrons. The number of rotatable bonds is 5. The first kappa shape index (κ1) is 18.9. The second-order valence-corrected chi connectivity index (χ2v) is 6.39. The number of carbonyl (C=O) groups excluding carboxylic acids is 2. The number of nitrogens with zero attached hydrogens (tertiary/aromatic N) is 2. The van der Waals surface area contributed by atoms with E-state index in [2.05, 4.69) is 10.6 Å². The van der Waals surface area contributed by atoms with Gasteiger partial charge < -0.3 is 20.1 Å². The van der Waals surface area contributed by atoms with E-state index in [1.807, 2.05) is 29.8 Å². The monoisotopic (exact) mass is 376 g/mol. The van der Waals surface area contributed by atoms with Crippen LogP contribution in [0.3, 0.4) is 0 Å². The van der Waals surface area contributed by atoms with Crippen molar-refractivity contribution in [2.45, 2.75) is 25.9 Å². The summed E-state index contributed by atoms with van der Waals surface area (Å²) in [4.78, 5) is 26.0. The lowest BCUT2D eigenvalue weighted by atomic mass is 9.99. The molecule has 2 aromatic rings. The number of fused-ring (bicyclic) bond motifs is 1. The molecule has 144 valence electrons. The molecule has 1 atom stereocenters. The highest BCUT2D eigenvalue weighted by molar-refractivity contribution is 5.84. The summed E-state index contributed by atoms with van der Waals surface area (Å²) in [5.41, 5.74) is 0.968. The third-order valence-electron chi connectivity index (χ3n) is 4.55. The maximum Gasteiger partial charge on any atom is 0.315 e. The Morgan fingerprint density at radius 2 is 2.00 bits per heavy atom. The van der Waals surface area contributed by atoms with Gasteiger partial charge in [0.1, 0.15) is 17.7 Å². The molecule has 0 fully saturated rings. The van der Waals surface area contributed by atoms with Crippen LogP contribution in [0.2, 0.25) is 0 Å². The van der Waals surface area contributed by atoms with E-state index in [0.29, 0.717) is 19.6 Å². The lowest BCUT2D eigenvalue weighted by Crippen LogP contribution is -2.48. The van der Waals surface area contributed by atoms with Gasteiger partial charge in [0.15, 0.2) is 0 Å². The van der Waals surface area contributed by atoms with Gasteiger partial charge in [-0.15, -0.1) is 0 Å². The molecule has 8 heteroatoms. The van der Waals surface area contributed by atoms with Crippen LogP contribution in [-0.4, -0.2) is 41.0 Å². The Hall–Kier alpha value is -2.90. The van der Waals surface area contributed by atoms with E-state index in [1.54, 1.807) is 0 Å². The number of carbonyl (C=O) groups is 2. The average Bonchev–Trinajstić information content (AvgIpc) is 3.13. The summed E-state index contributed by atoms with van der Waals surface area (Å²) in [6.07, 6.45) is 2.65. The van der Waals surface area contributed by atoms with Crippen molar-refractivity contribution in [1.82, 2.24) is 20.1 Å². The number of nitrogens with one attached hydrogen (secondary N) is 2. The number of aromatic nitrogens is 1. The molecule has 1 aliphatic rings. The van der Waals surface area contributed by atoms with E-state index in [-0.39, 0.29) is 18.0 Å². The van der Waals surface area contributed by atoms with E-state index in [9.17, 15) is 18.4 Å². The molecule has 0 saturated heterocycles. The Kier molecular flexibility index (Phi) is 5.73. The van der Waals surface area contributed by atoms with Crippen molar-refractivity contribution in [3.63, 3.8) is 0 Å². The van der Waals surface area contributed by atoms with Crippen LogP contribution < -0.4 is 10.6 Å². The molecule has 6 nitrogen and oxygen atoms in total. The Morgan fingerprint density at radius 1 is 1.19 bits per heavy atom. The lowest BCUT2D eigenvalue weighted by molar-refractivity contribution is -0.132. The molecule has 1 aromatic carbocycles. The van der Waals surface area contributed by atoms with Crippen LogP contribution in [0.4, 0.5) is 13.6 Å². The number of urea groups is 1. The van der Waals surface area contributed by atoms with Crippen molar-refractivity contribution in [2.24, 2.45) is 0 Å². The molecular formula is C19H22F2N4O2. The van der Waals surface area contributed by atoms with Crippen molar-refractivity contribution in [1.29, 1.82) is 0 Å². The summed E-state index contributed by atoms with van der Waals surface area (Å²) in [6, 6.07) is 5.90. The summed E-state index contributed by atoms with van der Waals surface area (Å²) >= 11 is 0. The van der Waals surface area contributed by atoms with E-state index >= 15 is 0 Å². The van der Waals surface area contributed by atoms with E-state index < -0.39 is 23.7 Å². The molecule has 0 bridgehead atoms. The highest BCUT2D eigenvalue weighted by Gasteiger charge is 2.33. The second kappa shape index (κ2) is 8.20. The average molecular weight is 376 g/mol. The predicted molar refractivity (Wildman–Crippen MR) is 96.0 cm³/mol. The topological polar surface area (TPSA) is 66.4 Å². The van der Waals surface area contributed by atoms with Gasteiger partial charge in [0.05, 0.1) is 6.54 Å². The fourth-order valence-corrected chi connectivity index (χ4v) is 3.26. The standard InChI is InChI=1S/C19H22F2N4O2/c1-2-7-22-19(27)23-12-17(26)25-10-9-24-8-3-4-16(24)18(25)14-6-5-13(20)11-15(14)21/h3-6,8,11,18H,2,7,9-10,12H2,1H3,(H2,22,23,27)/t18-/m0/s1. The number of halogens is 2. The van der Waals surface area contributed by atoms with Crippen LogP contribution in [0.1, 0.15) is 30.6 Å². The summed E-state index contributed by atoms with van der Waals surface area (Å²) in [6.45, 7) is 3.17. The summed E-state index contributed by atoms with van der Waals surface area (Å²) < 4.78 is 29.7. The van der Waals surface area contributed by atoms with Crippen LogP contribution in [0.5, 0.6) is 0 Å². The van der Waals surface area contributed by atoms with Crippen LogP contribution in [0, 0.1) is 11.6 Å². The van der Waals surface area contributed by atoms with E-state index in [1.165, 1.54) is 17.0 Å². The molecule has 0 saturated carbocycles. The summed E-state index contributed by atoms with van der Waals surface area (Å²) in [5, 5.41) is 5.16. The molecule has 1 aromatic heterocycles. The van der Waals surface area contributed by atoms with E-state index in [4.69, 9.17) is 0 Å². The van der Waals surface area contributed by atoms with Gasteiger partial charge in [0.2, 0.25) is 5.91 Å². The van der Waals surface area contributed by atoms with Crippen molar-refractivity contribution in [3.8, 4) is 0 Å². The molecule has 2 heterocycles. The fraction of sp³-hybridized carbons (Fsp3) is 0.368. The third kappa shape index (κ3) is 4.10. The maximum absolute atomic E-state index is 14.5. The minimum absolute atomic E-state index is 0.199. The van der Waals surface area contributed by atoms with Gasteiger partial charge in [0, 0.05) is 43.2 Å². The van der Waals surface area contributed by atoms with Gasteiger partial charge >= 0.3 is 6.03 Å². The first-order chi connectivity index (χ1) is 13.0. The van der Waals surface area contributed by atoms with Gasteiger partial charge in [0.25, 0.3) is 0 Å². The zero-order valence-corrected chi connectivity index (χ0v) is 15.0. The second-order valence-electron chi connectivity index (χ2n) is 6.39. The largest absolute Gasteiger partial charge is 0.348 e. The smallest absolute Gasteiger partial charge is 0.315 e. The quantitative estimate of drug-likeness (QED) is 0.842. The number of benzene rings is 1. The molecule has 0 aliphatic carbocycles. The SMILES string of the molecule is CCCNC(=O)NCC(=O)N1CCn2cccc2[C@@H]1c1ccc(F)cc1F. The molecule has 2 N–H and O–H groups in total. The van der Waals surface area contributed by atoms with Gasteiger partial charge in [-0.1, -0.05) is 13.0 Å². The van der Waals surface area contributed by atoms with Crippen LogP contribution in [0.15, 0.2) is 36.5 Å². The number of amides is 3. The minimum Gasteiger partial charge on any atom is -0.348 e. The molecule has 0 spiro atoms. The predicted octanol–water partition coefficient (Wildman–Crippen LogP) is 2.41. The number of hydrogen-bond donors (Lipinski definition) is 2. The molecule has 27 heavy (non-hydrogen) atoms. The highest BCUT2D eigenvalue weighted by Crippen LogP contribution is 2.34. The van der Waals surface area contributed by atoms with Gasteiger partial charge in [-0.05, 0) is 24.6 Å². The Balaban J connectivity index is 1.83. The molecule has 3 rings (SSSR count). The van der Waals surface area contributed by atoms with Gasteiger partial charge in [-0.25, -0.2) is 13.6 Å². The summed E-state index contributed by atoms with van der Waals surface area (Å²) in [7, 11) is 0.